The van der Waals surface area contributed by atoms with Gasteiger partial charge in [-0.2, -0.15) is 0 Å². The van der Waals surface area contributed by atoms with E-state index in [9.17, 15) is 13.9 Å². The van der Waals surface area contributed by atoms with Crippen molar-refractivity contribution < 1.29 is 13.9 Å². The Labute approximate surface area is 111 Å². The molecule has 1 aromatic rings. The van der Waals surface area contributed by atoms with Gasteiger partial charge in [0.1, 0.15) is 0 Å². The topological polar surface area (TPSA) is 20.2 Å². The van der Waals surface area contributed by atoms with Gasteiger partial charge >= 0.3 is 0 Å². The summed E-state index contributed by atoms with van der Waals surface area (Å²) in [6.07, 6.45) is 0.765. The molecular formula is C14H17ClF2O. The molecule has 0 amide bonds. The Morgan fingerprint density at radius 3 is 2.78 bits per heavy atom. The summed E-state index contributed by atoms with van der Waals surface area (Å²) < 4.78 is 26.6. The maximum Gasteiger partial charge on any atom is 0.248 e. The average molecular weight is 275 g/mol. The van der Waals surface area contributed by atoms with Gasteiger partial charge in [-0.1, -0.05) is 29.8 Å². The van der Waals surface area contributed by atoms with Crippen LogP contribution in [0.5, 0.6) is 0 Å². The first-order chi connectivity index (χ1) is 8.48. The fraction of sp³-hybridized carbons (Fsp3) is 0.571. The summed E-state index contributed by atoms with van der Waals surface area (Å²) in [4.78, 5) is 0. The quantitative estimate of drug-likeness (QED) is 0.855. The zero-order chi connectivity index (χ0) is 13.2. The van der Waals surface area contributed by atoms with Crippen LogP contribution in [0.3, 0.4) is 0 Å². The van der Waals surface area contributed by atoms with E-state index in [1.807, 2.05) is 0 Å². The van der Waals surface area contributed by atoms with Crippen molar-refractivity contribution in [3.8, 4) is 0 Å². The Bertz CT molecular complexity index is 409. The van der Waals surface area contributed by atoms with Crippen molar-refractivity contribution in [2.75, 3.05) is 0 Å². The van der Waals surface area contributed by atoms with E-state index >= 15 is 0 Å². The Balaban J connectivity index is 1.99. The van der Waals surface area contributed by atoms with Crippen LogP contribution >= 0.6 is 11.6 Å². The highest BCUT2D eigenvalue weighted by atomic mass is 35.5. The lowest BCUT2D eigenvalue weighted by molar-refractivity contribution is -0.0590. The second-order valence-corrected chi connectivity index (χ2v) is 5.50. The molecule has 1 N–H and O–H groups in total. The van der Waals surface area contributed by atoms with Gasteiger partial charge in [0.05, 0.1) is 6.10 Å². The Kier molecular flexibility index (Phi) is 4.23. The van der Waals surface area contributed by atoms with Crippen LogP contribution in [0.25, 0.3) is 0 Å². The number of aliphatic hydroxyl groups excluding tert-OH is 1. The summed E-state index contributed by atoms with van der Waals surface area (Å²) in [5.74, 6) is -2.69. The number of halogens is 3. The lowest BCUT2D eigenvalue weighted by Gasteiger charge is -2.30. The van der Waals surface area contributed by atoms with Crippen molar-refractivity contribution in [1.82, 2.24) is 0 Å². The molecule has 1 aliphatic carbocycles. The monoisotopic (exact) mass is 274 g/mol. The first-order valence-electron chi connectivity index (χ1n) is 6.28. The van der Waals surface area contributed by atoms with Crippen molar-refractivity contribution in [2.24, 2.45) is 5.92 Å². The smallest absolute Gasteiger partial charge is 0.248 e. The molecule has 1 nitrogen and oxygen atoms in total. The summed E-state index contributed by atoms with van der Waals surface area (Å²) in [6.45, 7) is 0. The second kappa shape index (κ2) is 5.54. The van der Waals surface area contributed by atoms with Gasteiger partial charge in [-0.05, 0) is 36.8 Å². The molecular weight excluding hydrogens is 258 g/mol. The van der Waals surface area contributed by atoms with Crippen molar-refractivity contribution in [1.29, 1.82) is 0 Å². The van der Waals surface area contributed by atoms with E-state index in [1.165, 1.54) is 0 Å². The average Bonchev–Trinajstić information content (AvgIpc) is 2.28. The second-order valence-electron chi connectivity index (χ2n) is 5.09. The predicted octanol–water partition coefficient (Wildman–Crippen LogP) is 4.59. The predicted molar refractivity (Wildman–Crippen MR) is 67.9 cm³/mol. The molecule has 0 spiro atoms. The molecule has 18 heavy (non-hydrogen) atoms. The molecule has 2 unspecified atom stereocenters. The molecule has 2 atom stereocenters. The number of aliphatic hydroxyl groups is 1. The first-order valence-corrected chi connectivity index (χ1v) is 6.66. The molecule has 0 bridgehead atoms. The molecule has 1 aromatic carbocycles. The van der Waals surface area contributed by atoms with Gasteiger partial charge in [0.2, 0.25) is 5.92 Å². The highest BCUT2D eigenvalue weighted by Gasteiger charge is 2.36. The third-order valence-electron chi connectivity index (χ3n) is 3.56. The summed E-state index contributed by atoms with van der Waals surface area (Å²) in [6, 6.07) is 7.02. The van der Waals surface area contributed by atoms with Crippen molar-refractivity contribution in [3.63, 3.8) is 0 Å². The summed E-state index contributed by atoms with van der Waals surface area (Å²) in [5.41, 5.74) is 0.632. The standard InChI is InChI=1S/C14H17ClF2O/c15-12-6-2-1-5-11(12)13(18)8-10-4-3-7-14(16,17)9-10/h1-2,5-6,10,13,18H,3-4,7-9H2. The van der Waals surface area contributed by atoms with E-state index in [1.54, 1.807) is 24.3 Å². The number of rotatable bonds is 3. The largest absolute Gasteiger partial charge is 0.388 e. The molecule has 2 rings (SSSR count). The number of hydrogen-bond acceptors (Lipinski definition) is 1. The van der Waals surface area contributed by atoms with Crippen LogP contribution < -0.4 is 0 Å². The molecule has 0 aliphatic heterocycles. The van der Waals surface area contributed by atoms with Crippen molar-refractivity contribution in [2.45, 2.75) is 44.1 Å². The number of alkyl halides is 2. The lowest BCUT2D eigenvalue weighted by atomic mass is 9.82. The van der Waals surface area contributed by atoms with Crippen LogP contribution in [0.2, 0.25) is 5.02 Å². The van der Waals surface area contributed by atoms with Crippen molar-refractivity contribution >= 4 is 11.6 Å². The molecule has 1 aliphatic rings. The van der Waals surface area contributed by atoms with Gasteiger partial charge in [-0.25, -0.2) is 8.78 Å². The zero-order valence-corrected chi connectivity index (χ0v) is 10.8. The number of hydrogen-bond donors (Lipinski definition) is 1. The fourth-order valence-electron chi connectivity index (χ4n) is 2.67. The molecule has 100 valence electrons. The highest BCUT2D eigenvalue weighted by Crippen LogP contribution is 2.40. The number of benzene rings is 1. The van der Waals surface area contributed by atoms with Crippen molar-refractivity contribution in [3.05, 3.63) is 34.9 Å². The third kappa shape index (κ3) is 3.42. The molecule has 1 saturated carbocycles. The lowest BCUT2D eigenvalue weighted by Crippen LogP contribution is -2.27. The van der Waals surface area contributed by atoms with E-state index in [2.05, 4.69) is 0 Å². The minimum Gasteiger partial charge on any atom is -0.388 e. The summed E-state index contributed by atoms with van der Waals surface area (Å²) in [7, 11) is 0. The van der Waals surface area contributed by atoms with E-state index in [-0.39, 0.29) is 18.8 Å². The van der Waals surface area contributed by atoms with Crippen LogP contribution in [0.1, 0.15) is 43.8 Å². The maximum atomic E-state index is 13.3. The van der Waals surface area contributed by atoms with E-state index in [4.69, 9.17) is 11.6 Å². The Morgan fingerprint density at radius 1 is 1.39 bits per heavy atom. The molecule has 0 saturated heterocycles. The first kappa shape index (κ1) is 13.8. The van der Waals surface area contributed by atoms with Gasteiger partial charge in [0.25, 0.3) is 0 Å². The SMILES string of the molecule is OC(CC1CCCC(F)(F)C1)c1ccccc1Cl. The van der Waals surface area contributed by atoms with E-state index in [0.717, 1.165) is 6.42 Å². The molecule has 1 fully saturated rings. The minimum atomic E-state index is -2.57. The summed E-state index contributed by atoms with van der Waals surface area (Å²) in [5, 5.41) is 10.6. The van der Waals surface area contributed by atoms with Crippen LogP contribution in [-0.2, 0) is 0 Å². The molecule has 0 heterocycles. The normalized spacial score (nSPS) is 24.8. The van der Waals surface area contributed by atoms with Gasteiger partial charge in [-0.3, -0.25) is 0 Å². The van der Waals surface area contributed by atoms with Gasteiger partial charge in [-0.15, -0.1) is 0 Å². The van der Waals surface area contributed by atoms with Crippen LogP contribution in [0.4, 0.5) is 8.78 Å². The van der Waals surface area contributed by atoms with Crippen LogP contribution in [0.15, 0.2) is 24.3 Å². The summed E-state index contributed by atoms with van der Waals surface area (Å²) >= 11 is 5.98. The van der Waals surface area contributed by atoms with E-state index in [0.29, 0.717) is 23.4 Å². The van der Waals surface area contributed by atoms with Crippen LogP contribution in [0, 0.1) is 5.92 Å². The Hall–Kier alpha value is -0.670. The fourth-order valence-corrected chi connectivity index (χ4v) is 2.93. The van der Waals surface area contributed by atoms with Gasteiger partial charge in [0.15, 0.2) is 0 Å². The molecule has 0 aromatic heterocycles. The molecule has 0 radical (unpaired) electrons. The Morgan fingerprint density at radius 2 is 2.11 bits per heavy atom. The molecule has 4 heteroatoms. The van der Waals surface area contributed by atoms with Gasteiger partial charge < -0.3 is 5.11 Å². The van der Waals surface area contributed by atoms with Gasteiger partial charge in [0, 0.05) is 17.9 Å². The maximum absolute atomic E-state index is 13.3. The van der Waals surface area contributed by atoms with Crippen LogP contribution in [-0.4, -0.2) is 11.0 Å². The zero-order valence-electron chi connectivity index (χ0n) is 10.1. The third-order valence-corrected chi connectivity index (χ3v) is 3.91. The highest BCUT2D eigenvalue weighted by molar-refractivity contribution is 6.31. The minimum absolute atomic E-state index is 0.0221. The van der Waals surface area contributed by atoms with E-state index < -0.39 is 12.0 Å².